The van der Waals surface area contributed by atoms with Gasteiger partial charge in [0.1, 0.15) is 5.60 Å². The van der Waals surface area contributed by atoms with E-state index in [1.165, 1.54) is 12.8 Å². The molecule has 5 nitrogen and oxygen atoms in total. The lowest BCUT2D eigenvalue weighted by atomic mass is 10.1. The van der Waals surface area contributed by atoms with Gasteiger partial charge in [-0.15, -0.1) is 0 Å². The van der Waals surface area contributed by atoms with E-state index >= 15 is 0 Å². The van der Waals surface area contributed by atoms with Crippen molar-refractivity contribution in [3.63, 3.8) is 0 Å². The molecule has 2 unspecified atom stereocenters. The molecular formula is C15H28N2O3. The molecule has 2 rings (SSSR count). The van der Waals surface area contributed by atoms with Gasteiger partial charge in [0.15, 0.2) is 0 Å². The number of amides is 1. The van der Waals surface area contributed by atoms with Crippen LogP contribution in [0.3, 0.4) is 0 Å². The van der Waals surface area contributed by atoms with E-state index in [0.29, 0.717) is 18.6 Å². The number of aliphatic hydroxyl groups excluding tert-OH is 1. The highest BCUT2D eigenvalue weighted by Gasteiger charge is 2.35. The molecule has 2 N–H and O–H groups in total. The van der Waals surface area contributed by atoms with Crippen LogP contribution in [0.5, 0.6) is 0 Å². The lowest BCUT2D eigenvalue weighted by Gasteiger charge is -2.25. The number of carbonyl (C=O) groups excluding carboxylic acids is 1. The molecular weight excluding hydrogens is 256 g/mol. The average Bonchev–Trinajstić information content (AvgIpc) is 3.07. The molecule has 0 aromatic heterocycles. The molecule has 0 bridgehead atoms. The monoisotopic (exact) mass is 284 g/mol. The summed E-state index contributed by atoms with van der Waals surface area (Å²) in [4.78, 5) is 13.8. The second kappa shape index (κ2) is 6.31. The van der Waals surface area contributed by atoms with Crippen LogP contribution >= 0.6 is 0 Å². The normalized spacial score (nSPS) is 24.8. The first-order valence-corrected chi connectivity index (χ1v) is 7.74. The summed E-state index contributed by atoms with van der Waals surface area (Å²) in [5, 5.41) is 12.7. The fourth-order valence-electron chi connectivity index (χ4n) is 2.78. The van der Waals surface area contributed by atoms with Crippen LogP contribution in [0.25, 0.3) is 0 Å². The van der Waals surface area contributed by atoms with Crippen molar-refractivity contribution in [3.05, 3.63) is 0 Å². The number of aliphatic hydroxyl groups is 1. The van der Waals surface area contributed by atoms with Crippen LogP contribution in [0, 0.1) is 5.92 Å². The van der Waals surface area contributed by atoms with Crippen molar-refractivity contribution in [2.75, 3.05) is 19.7 Å². The number of nitrogens with zero attached hydrogens (tertiary/aromatic N) is 1. The van der Waals surface area contributed by atoms with Crippen LogP contribution in [0.2, 0.25) is 0 Å². The Bertz CT molecular complexity index is 337. The molecule has 2 aliphatic rings. The molecule has 0 aromatic rings. The number of ether oxygens (including phenoxy) is 1. The number of hydrogen-bond acceptors (Lipinski definition) is 4. The number of nitrogens with one attached hydrogen (secondary N) is 1. The smallest absolute Gasteiger partial charge is 0.410 e. The highest BCUT2D eigenvalue weighted by atomic mass is 16.6. The molecule has 1 amide bonds. The zero-order chi connectivity index (χ0) is 14.8. The Morgan fingerprint density at radius 1 is 1.40 bits per heavy atom. The average molecular weight is 284 g/mol. The molecule has 116 valence electrons. The molecule has 2 atom stereocenters. The third-order valence-electron chi connectivity index (χ3n) is 3.92. The van der Waals surface area contributed by atoms with Crippen molar-refractivity contribution in [3.8, 4) is 0 Å². The first-order valence-electron chi connectivity index (χ1n) is 7.74. The largest absolute Gasteiger partial charge is 0.444 e. The minimum absolute atomic E-state index is 0.216. The minimum atomic E-state index is -0.434. The Morgan fingerprint density at radius 2 is 2.10 bits per heavy atom. The summed E-state index contributed by atoms with van der Waals surface area (Å²) in [6.07, 6.45) is 4.09. The molecule has 1 aliphatic carbocycles. The summed E-state index contributed by atoms with van der Waals surface area (Å²) in [5.41, 5.74) is -0.434. The van der Waals surface area contributed by atoms with Gasteiger partial charge < -0.3 is 20.1 Å². The SMILES string of the molecule is CC(C)(C)OC(=O)N1CCC(NC(CCO)C2CC2)C1. The predicted molar refractivity (Wildman–Crippen MR) is 77.6 cm³/mol. The summed E-state index contributed by atoms with van der Waals surface area (Å²) in [5.74, 6) is 0.720. The fourth-order valence-corrected chi connectivity index (χ4v) is 2.78. The van der Waals surface area contributed by atoms with Crippen molar-refractivity contribution in [1.29, 1.82) is 0 Å². The van der Waals surface area contributed by atoms with Crippen LogP contribution in [0.1, 0.15) is 46.5 Å². The number of likely N-dealkylation sites (tertiary alicyclic amines) is 1. The van der Waals surface area contributed by atoms with E-state index in [1.807, 2.05) is 20.8 Å². The van der Waals surface area contributed by atoms with Gasteiger partial charge in [-0.3, -0.25) is 0 Å². The van der Waals surface area contributed by atoms with E-state index < -0.39 is 5.60 Å². The third kappa shape index (κ3) is 4.63. The minimum Gasteiger partial charge on any atom is -0.444 e. The quantitative estimate of drug-likeness (QED) is 0.807. The molecule has 1 saturated heterocycles. The Kier molecular flexibility index (Phi) is 4.91. The molecule has 1 heterocycles. The highest BCUT2D eigenvalue weighted by molar-refractivity contribution is 5.68. The first kappa shape index (κ1) is 15.6. The maximum atomic E-state index is 12.0. The van der Waals surface area contributed by atoms with Crippen LogP contribution in [-0.2, 0) is 4.74 Å². The third-order valence-corrected chi connectivity index (χ3v) is 3.92. The van der Waals surface area contributed by atoms with Crippen molar-refractivity contribution in [2.24, 2.45) is 5.92 Å². The molecule has 0 radical (unpaired) electrons. The molecule has 0 aromatic carbocycles. The molecule has 2 fully saturated rings. The summed E-state index contributed by atoms with van der Waals surface area (Å²) >= 11 is 0. The number of rotatable bonds is 5. The van der Waals surface area contributed by atoms with Crippen molar-refractivity contribution in [1.82, 2.24) is 10.2 Å². The maximum Gasteiger partial charge on any atom is 0.410 e. The molecule has 20 heavy (non-hydrogen) atoms. The predicted octanol–water partition coefficient (Wildman–Crippen LogP) is 1.75. The molecule has 1 saturated carbocycles. The summed E-state index contributed by atoms with van der Waals surface area (Å²) < 4.78 is 5.40. The maximum absolute atomic E-state index is 12.0. The van der Waals surface area contributed by atoms with Gasteiger partial charge in [-0.25, -0.2) is 4.79 Å². The standard InChI is InChI=1S/C15H28N2O3/c1-15(2,3)20-14(19)17-8-6-12(10-17)16-13(7-9-18)11-4-5-11/h11-13,16,18H,4-10H2,1-3H3. The van der Waals surface area contributed by atoms with Gasteiger partial charge >= 0.3 is 6.09 Å². The van der Waals surface area contributed by atoms with Gasteiger partial charge in [0.25, 0.3) is 0 Å². The van der Waals surface area contributed by atoms with E-state index in [2.05, 4.69) is 5.32 Å². The van der Waals surface area contributed by atoms with Crippen molar-refractivity contribution >= 4 is 6.09 Å². The highest BCUT2D eigenvalue weighted by Crippen LogP contribution is 2.34. The zero-order valence-electron chi connectivity index (χ0n) is 12.9. The molecule has 0 spiro atoms. The lowest BCUT2D eigenvalue weighted by Crippen LogP contribution is -2.43. The Hall–Kier alpha value is -0.810. The van der Waals surface area contributed by atoms with Gasteiger partial charge in [-0.1, -0.05) is 0 Å². The van der Waals surface area contributed by atoms with Crippen LogP contribution in [-0.4, -0.2) is 53.5 Å². The fraction of sp³-hybridized carbons (Fsp3) is 0.933. The number of carbonyl (C=O) groups is 1. The van der Waals surface area contributed by atoms with Crippen LogP contribution in [0.4, 0.5) is 4.79 Å². The lowest BCUT2D eigenvalue weighted by molar-refractivity contribution is 0.0290. The van der Waals surface area contributed by atoms with Crippen molar-refractivity contribution in [2.45, 2.75) is 64.1 Å². The van der Waals surface area contributed by atoms with E-state index in [0.717, 1.165) is 25.3 Å². The second-order valence-corrected chi connectivity index (χ2v) is 7.03. The van der Waals surface area contributed by atoms with Crippen LogP contribution in [0.15, 0.2) is 0 Å². The number of hydrogen-bond donors (Lipinski definition) is 2. The van der Waals surface area contributed by atoms with E-state index in [-0.39, 0.29) is 12.7 Å². The van der Waals surface area contributed by atoms with E-state index in [4.69, 9.17) is 9.84 Å². The Balaban J connectivity index is 1.78. The van der Waals surface area contributed by atoms with Gasteiger partial charge in [0, 0.05) is 31.8 Å². The van der Waals surface area contributed by atoms with E-state index in [1.54, 1.807) is 4.90 Å². The topological polar surface area (TPSA) is 61.8 Å². The summed E-state index contributed by atoms with van der Waals surface area (Å²) in [6.45, 7) is 7.37. The van der Waals surface area contributed by atoms with E-state index in [9.17, 15) is 4.79 Å². The zero-order valence-corrected chi connectivity index (χ0v) is 12.9. The van der Waals surface area contributed by atoms with Crippen molar-refractivity contribution < 1.29 is 14.6 Å². The Labute approximate surface area is 121 Å². The summed E-state index contributed by atoms with van der Waals surface area (Å²) in [7, 11) is 0. The van der Waals surface area contributed by atoms with Gasteiger partial charge in [0.2, 0.25) is 0 Å². The molecule has 1 aliphatic heterocycles. The van der Waals surface area contributed by atoms with Crippen LogP contribution < -0.4 is 5.32 Å². The molecule has 5 heteroatoms. The second-order valence-electron chi connectivity index (χ2n) is 7.03. The summed E-state index contributed by atoms with van der Waals surface area (Å²) in [6, 6.07) is 0.739. The van der Waals surface area contributed by atoms with Gasteiger partial charge in [-0.2, -0.15) is 0 Å². The van der Waals surface area contributed by atoms with Gasteiger partial charge in [-0.05, 0) is 52.4 Å². The first-order chi connectivity index (χ1) is 9.39. The van der Waals surface area contributed by atoms with Gasteiger partial charge in [0.05, 0.1) is 0 Å². The Morgan fingerprint density at radius 3 is 2.65 bits per heavy atom.